The number of nitrogens with zero attached hydrogens (tertiary/aromatic N) is 1. The first-order valence-electron chi connectivity index (χ1n) is 6.24. The Hall–Kier alpha value is -0.740. The minimum atomic E-state index is -0.506. The molecule has 1 aromatic rings. The summed E-state index contributed by atoms with van der Waals surface area (Å²) >= 11 is 1.57. The van der Waals surface area contributed by atoms with Crippen LogP contribution < -0.4 is 0 Å². The molecule has 1 aliphatic rings. The molecule has 0 spiro atoms. The van der Waals surface area contributed by atoms with E-state index in [0.717, 1.165) is 36.4 Å². The predicted octanol–water partition coefficient (Wildman–Crippen LogP) is 2.91. The smallest absolute Gasteiger partial charge is 0.171 e. The number of aromatic nitrogens is 1. The average molecular weight is 253 g/mol. The van der Waals surface area contributed by atoms with Crippen molar-refractivity contribution in [2.24, 2.45) is 0 Å². The zero-order chi connectivity index (χ0) is 12.3. The van der Waals surface area contributed by atoms with Gasteiger partial charge in [-0.15, -0.1) is 11.3 Å². The molecule has 1 aliphatic carbocycles. The van der Waals surface area contributed by atoms with Crippen molar-refractivity contribution in [1.29, 1.82) is 0 Å². The van der Waals surface area contributed by atoms with Crippen LogP contribution in [0.1, 0.15) is 43.3 Å². The van der Waals surface area contributed by atoms with Gasteiger partial charge in [-0.3, -0.25) is 4.79 Å². The second-order valence-electron chi connectivity index (χ2n) is 4.62. The van der Waals surface area contributed by atoms with Crippen LogP contribution >= 0.6 is 11.3 Å². The fraction of sp³-hybridized carbons (Fsp3) is 0.692. The molecule has 1 aromatic heterocycles. The number of ether oxygens (including phenoxy) is 1. The van der Waals surface area contributed by atoms with Crippen molar-refractivity contribution >= 4 is 17.1 Å². The minimum absolute atomic E-state index is 0.214. The maximum atomic E-state index is 12.4. The number of thiazole rings is 1. The zero-order valence-corrected chi connectivity index (χ0v) is 11.3. The molecule has 0 amide bonds. The van der Waals surface area contributed by atoms with Gasteiger partial charge in [0.15, 0.2) is 5.78 Å². The maximum Gasteiger partial charge on any atom is 0.171 e. The third-order valence-corrected chi connectivity index (χ3v) is 4.29. The number of ketones is 1. The van der Waals surface area contributed by atoms with Crippen LogP contribution in [0.3, 0.4) is 0 Å². The van der Waals surface area contributed by atoms with Crippen LogP contribution in [-0.4, -0.2) is 23.0 Å². The van der Waals surface area contributed by atoms with E-state index in [4.69, 9.17) is 4.74 Å². The van der Waals surface area contributed by atoms with Crippen LogP contribution in [0.2, 0.25) is 0 Å². The predicted molar refractivity (Wildman–Crippen MR) is 68.4 cm³/mol. The summed E-state index contributed by atoms with van der Waals surface area (Å²) in [5.74, 6) is 0.214. The van der Waals surface area contributed by atoms with E-state index in [0.29, 0.717) is 13.0 Å². The van der Waals surface area contributed by atoms with E-state index in [1.165, 1.54) is 0 Å². The number of hydrogen-bond acceptors (Lipinski definition) is 4. The topological polar surface area (TPSA) is 39.2 Å². The molecular formula is C13H19NO2S. The summed E-state index contributed by atoms with van der Waals surface area (Å²) in [4.78, 5) is 16.7. The minimum Gasteiger partial charge on any atom is -0.367 e. The van der Waals surface area contributed by atoms with Gasteiger partial charge in [0.2, 0.25) is 0 Å². The highest BCUT2D eigenvalue weighted by atomic mass is 32.1. The third kappa shape index (κ3) is 2.75. The summed E-state index contributed by atoms with van der Waals surface area (Å²) in [6.07, 6.45) is 4.39. The molecule has 3 nitrogen and oxygen atoms in total. The van der Waals surface area contributed by atoms with Gasteiger partial charge in [-0.05, 0) is 39.5 Å². The first kappa shape index (κ1) is 12.7. The molecule has 17 heavy (non-hydrogen) atoms. The summed E-state index contributed by atoms with van der Waals surface area (Å²) in [6, 6.07) is 0. The molecule has 0 saturated heterocycles. The molecule has 0 aliphatic heterocycles. The van der Waals surface area contributed by atoms with Crippen molar-refractivity contribution in [2.75, 3.05) is 6.61 Å². The number of carbonyl (C=O) groups is 1. The van der Waals surface area contributed by atoms with Crippen molar-refractivity contribution in [3.8, 4) is 0 Å². The SMILES string of the molecule is CCOC1(C(=O)Cc2nc(C)cs2)CCCC1. The Bertz CT molecular complexity index is 394. The summed E-state index contributed by atoms with van der Waals surface area (Å²) < 4.78 is 5.76. The van der Waals surface area contributed by atoms with Gasteiger partial charge in [-0.25, -0.2) is 4.98 Å². The van der Waals surface area contributed by atoms with E-state index in [-0.39, 0.29) is 5.78 Å². The van der Waals surface area contributed by atoms with Crippen LogP contribution in [0.4, 0.5) is 0 Å². The lowest BCUT2D eigenvalue weighted by molar-refractivity contribution is -0.142. The lowest BCUT2D eigenvalue weighted by Gasteiger charge is -2.26. The second kappa shape index (κ2) is 5.27. The lowest BCUT2D eigenvalue weighted by Crippen LogP contribution is -2.40. The molecule has 0 atom stereocenters. The standard InChI is InChI=1S/C13H19NO2S/c1-3-16-13(6-4-5-7-13)11(15)8-12-14-10(2)9-17-12/h9H,3-8H2,1-2H3. The van der Waals surface area contributed by atoms with Crippen molar-refractivity contribution in [3.63, 3.8) is 0 Å². The van der Waals surface area contributed by atoms with E-state index in [1.54, 1.807) is 11.3 Å². The van der Waals surface area contributed by atoms with Crippen molar-refractivity contribution in [1.82, 2.24) is 4.98 Å². The Morgan fingerprint density at radius 3 is 2.76 bits per heavy atom. The third-order valence-electron chi connectivity index (χ3n) is 3.32. The van der Waals surface area contributed by atoms with Crippen LogP contribution in [0.25, 0.3) is 0 Å². The van der Waals surface area contributed by atoms with E-state index >= 15 is 0 Å². The van der Waals surface area contributed by atoms with Gasteiger partial charge in [0.25, 0.3) is 0 Å². The zero-order valence-electron chi connectivity index (χ0n) is 10.5. The van der Waals surface area contributed by atoms with Crippen molar-refractivity contribution in [3.05, 3.63) is 16.1 Å². The summed E-state index contributed by atoms with van der Waals surface area (Å²) in [7, 11) is 0. The Morgan fingerprint density at radius 1 is 1.53 bits per heavy atom. The Balaban J connectivity index is 2.06. The maximum absolute atomic E-state index is 12.4. The monoisotopic (exact) mass is 253 g/mol. The van der Waals surface area contributed by atoms with Crippen LogP contribution in [0.15, 0.2) is 5.38 Å². The largest absolute Gasteiger partial charge is 0.367 e. The van der Waals surface area contributed by atoms with Gasteiger partial charge >= 0.3 is 0 Å². The van der Waals surface area contributed by atoms with E-state index < -0.39 is 5.60 Å². The first-order chi connectivity index (χ1) is 8.16. The van der Waals surface area contributed by atoms with E-state index in [9.17, 15) is 4.79 Å². The van der Waals surface area contributed by atoms with Crippen LogP contribution in [-0.2, 0) is 16.0 Å². The quantitative estimate of drug-likeness (QED) is 0.810. The highest BCUT2D eigenvalue weighted by Gasteiger charge is 2.41. The molecule has 1 heterocycles. The van der Waals surface area contributed by atoms with Crippen molar-refractivity contribution in [2.45, 2.75) is 51.6 Å². The number of aryl methyl sites for hydroxylation is 1. The molecule has 2 rings (SSSR count). The van der Waals surface area contributed by atoms with E-state index in [2.05, 4.69) is 4.98 Å². The van der Waals surface area contributed by atoms with Gasteiger partial charge in [0, 0.05) is 17.7 Å². The molecule has 94 valence electrons. The number of carbonyl (C=O) groups excluding carboxylic acids is 1. The number of Topliss-reactive ketones (excluding diaryl/α,β-unsaturated/α-hetero) is 1. The summed E-state index contributed by atoms with van der Waals surface area (Å²) in [5, 5.41) is 2.91. The normalized spacial score (nSPS) is 18.5. The van der Waals surface area contributed by atoms with Gasteiger partial charge in [0.05, 0.1) is 6.42 Å². The highest BCUT2D eigenvalue weighted by Crippen LogP contribution is 2.35. The van der Waals surface area contributed by atoms with Gasteiger partial charge in [0.1, 0.15) is 10.6 Å². The molecule has 0 bridgehead atoms. The van der Waals surface area contributed by atoms with Gasteiger partial charge in [-0.1, -0.05) is 0 Å². The average Bonchev–Trinajstić information content (AvgIpc) is 2.89. The van der Waals surface area contributed by atoms with Gasteiger partial charge < -0.3 is 4.74 Å². The van der Waals surface area contributed by atoms with Crippen LogP contribution in [0, 0.1) is 6.92 Å². The number of rotatable bonds is 5. The lowest BCUT2D eigenvalue weighted by atomic mass is 9.94. The summed E-state index contributed by atoms with van der Waals surface area (Å²) in [6.45, 7) is 4.53. The fourth-order valence-corrected chi connectivity index (χ4v) is 3.28. The Labute approximate surface area is 106 Å². The van der Waals surface area contributed by atoms with Crippen molar-refractivity contribution < 1.29 is 9.53 Å². The summed E-state index contributed by atoms with van der Waals surface area (Å²) in [5.41, 5.74) is 0.489. The molecule has 1 saturated carbocycles. The first-order valence-corrected chi connectivity index (χ1v) is 7.12. The van der Waals surface area contributed by atoms with Gasteiger partial charge in [-0.2, -0.15) is 0 Å². The molecule has 0 N–H and O–H groups in total. The van der Waals surface area contributed by atoms with Crippen LogP contribution in [0.5, 0.6) is 0 Å². The highest BCUT2D eigenvalue weighted by molar-refractivity contribution is 7.09. The molecule has 1 fully saturated rings. The Kier molecular flexibility index (Phi) is 3.94. The molecular weight excluding hydrogens is 234 g/mol. The van der Waals surface area contributed by atoms with E-state index in [1.807, 2.05) is 19.2 Å². The molecule has 0 aromatic carbocycles. The molecule has 0 unspecified atom stereocenters. The molecule has 0 radical (unpaired) electrons. The fourth-order valence-electron chi connectivity index (χ4n) is 2.51. The second-order valence-corrected chi connectivity index (χ2v) is 5.56. The number of hydrogen-bond donors (Lipinski definition) is 0. The molecule has 4 heteroatoms. The Morgan fingerprint density at radius 2 is 2.24 bits per heavy atom.